The van der Waals surface area contributed by atoms with E-state index in [0.29, 0.717) is 32.6 Å². The second-order valence-corrected chi connectivity index (χ2v) is 8.69. The van der Waals surface area contributed by atoms with Crippen LogP contribution >= 0.6 is 0 Å². The molecule has 3 fully saturated rings. The largest absolute Gasteiger partial charge is 0.356 e. The van der Waals surface area contributed by atoms with Crippen molar-refractivity contribution in [3.05, 3.63) is 35.9 Å². The van der Waals surface area contributed by atoms with E-state index < -0.39 is 0 Å². The predicted octanol–water partition coefficient (Wildman–Crippen LogP) is 2.16. The average Bonchev–Trinajstić information content (AvgIpc) is 3.53. The number of carbonyl (C=O) groups excluding carboxylic acids is 3. The Labute approximate surface area is 172 Å². The molecule has 3 aliphatic rings. The van der Waals surface area contributed by atoms with Crippen molar-refractivity contribution in [2.75, 3.05) is 32.7 Å². The lowest BCUT2D eigenvalue weighted by Gasteiger charge is -2.37. The molecule has 0 bridgehead atoms. The Bertz CT molecular complexity index is 747. The summed E-state index contributed by atoms with van der Waals surface area (Å²) >= 11 is 0. The minimum Gasteiger partial charge on any atom is -0.356 e. The van der Waals surface area contributed by atoms with E-state index in [2.05, 4.69) is 17.4 Å². The van der Waals surface area contributed by atoms with Gasteiger partial charge in [-0.2, -0.15) is 0 Å². The zero-order valence-corrected chi connectivity index (χ0v) is 17.0. The quantitative estimate of drug-likeness (QED) is 0.717. The number of nitrogens with one attached hydrogen (secondary N) is 1. The Morgan fingerprint density at radius 1 is 1.07 bits per heavy atom. The molecule has 1 N–H and O–H groups in total. The van der Waals surface area contributed by atoms with Crippen LogP contribution in [0.15, 0.2) is 30.3 Å². The number of benzene rings is 1. The first-order chi connectivity index (χ1) is 14.1. The van der Waals surface area contributed by atoms with Gasteiger partial charge >= 0.3 is 0 Å². The maximum absolute atomic E-state index is 12.9. The van der Waals surface area contributed by atoms with Gasteiger partial charge in [0.05, 0.1) is 5.92 Å². The standard InChI is InChI=1S/C23H31N3O3/c27-21-8-4-12-25(21)13-5-11-24-22(28)20-14-19(17-6-2-1-3-7-17)15-26(16-20)23(29)18-9-10-18/h1-3,6-7,18-20H,4-5,8-16H2,(H,24,28). The van der Waals surface area contributed by atoms with E-state index in [1.807, 2.05) is 28.0 Å². The lowest BCUT2D eigenvalue weighted by Crippen LogP contribution is -2.48. The molecule has 2 saturated heterocycles. The van der Waals surface area contributed by atoms with Gasteiger partial charge in [0.1, 0.15) is 0 Å². The summed E-state index contributed by atoms with van der Waals surface area (Å²) in [6, 6.07) is 10.2. The molecule has 0 radical (unpaired) electrons. The van der Waals surface area contributed by atoms with Crippen LogP contribution < -0.4 is 5.32 Å². The molecule has 0 aromatic heterocycles. The van der Waals surface area contributed by atoms with Crippen molar-refractivity contribution in [3.63, 3.8) is 0 Å². The van der Waals surface area contributed by atoms with Crippen molar-refractivity contribution in [1.82, 2.24) is 15.1 Å². The van der Waals surface area contributed by atoms with Crippen molar-refractivity contribution < 1.29 is 14.4 Å². The van der Waals surface area contributed by atoms with E-state index >= 15 is 0 Å². The molecule has 6 nitrogen and oxygen atoms in total. The van der Waals surface area contributed by atoms with Crippen molar-refractivity contribution in [2.45, 2.75) is 44.4 Å². The Morgan fingerprint density at radius 3 is 2.55 bits per heavy atom. The molecule has 2 heterocycles. The second kappa shape index (κ2) is 8.97. The minimum atomic E-state index is -0.176. The summed E-state index contributed by atoms with van der Waals surface area (Å²) in [7, 11) is 0. The number of likely N-dealkylation sites (tertiary alicyclic amines) is 2. The summed E-state index contributed by atoms with van der Waals surface area (Å²) in [4.78, 5) is 41.0. The SMILES string of the molecule is O=C(NCCCN1CCCC1=O)C1CC(c2ccccc2)CN(C(=O)C2CC2)C1. The normalized spacial score (nSPS) is 24.6. The van der Waals surface area contributed by atoms with Crippen molar-refractivity contribution in [2.24, 2.45) is 11.8 Å². The van der Waals surface area contributed by atoms with Crippen LogP contribution in [0.1, 0.15) is 50.0 Å². The maximum atomic E-state index is 12.9. The van der Waals surface area contributed by atoms with Crippen LogP contribution in [-0.2, 0) is 14.4 Å². The lowest BCUT2D eigenvalue weighted by molar-refractivity contribution is -0.137. The average molecular weight is 398 g/mol. The molecule has 1 saturated carbocycles. The van der Waals surface area contributed by atoms with Crippen molar-refractivity contribution in [1.29, 1.82) is 0 Å². The lowest BCUT2D eigenvalue weighted by atomic mass is 9.84. The van der Waals surface area contributed by atoms with E-state index in [4.69, 9.17) is 0 Å². The van der Waals surface area contributed by atoms with Crippen LogP contribution in [0.4, 0.5) is 0 Å². The molecule has 3 amide bonds. The second-order valence-electron chi connectivity index (χ2n) is 8.69. The first kappa shape index (κ1) is 19.9. The summed E-state index contributed by atoms with van der Waals surface area (Å²) in [5.74, 6) is 0.674. The van der Waals surface area contributed by atoms with E-state index in [9.17, 15) is 14.4 Å². The highest BCUT2D eigenvalue weighted by molar-refractivity contribution is 5.84. The number of rotatable bonds is 7. The topological polar surface area (TPSA) is 69.7 Å². The number of nitrogens with zero attached hydrogens (tertiary/aromatic N) is 2. The number of hydrogen-bond donors (Lipinski definition) is 1. The molecule has 1 aromatic rings. The predicted molar refractivity (Wildman–Crippen MR) is 110 cm³/mol. The van der Waals surface area contributed by atoms with Gasteiger partial charge in [-0.15, -0.1) is 0 Å². The van der Waals surface area contributed by atoms with Gasteiger partial charge in [0.25, 0.3) is 0 Å². The number of hydrogen-bond acceptors (Lipinski definition) is 3. The highest BCUT2D eigenvalue weighted by atomic mass is 16.2. The van der Waals surface area contributed by atoms with Crippen molar-refractivity contribution >= 4 is 17.7 Å². The third-order valence-electron chi connectivity index (χ3n) is 6.41. The Balaban J connectivity index is 1.33. The molecule has 1 aromatic carbocycles. The summed E-state index contributed by atoms with van der Waals surface area (Å²) in [6.07, 6.45) is 5.11. The fourth-order valence-corrected chi connectivity index (χ4v) is 4.59. The highest BCUT2D eigenvalue weighted by Crippen LogP contribution is 2.36. The molecular formula is C23H31N3O3. The van der Waals surface area contributed by atoms with E-state index in [-0.39, 0.29) is 35.5 Å². The van der Waals surface area contributed by atoms with Crippen LogP contribution in [0.2, 0.25) is 0 Å². The maximum Gasteiger partial charge on any atom is 0.225 e. The molecule has 2 atom stereocenters. The molecule has 156 valence electrons. The van der Waals surface area contributed by atoms with Gasteiger partial charge in [0.2, 0.25) is 17.7 Å². The molecule has 1 aliphatic carbocycles. The van der Waals surface area contributed by atoms with Gasteiger partial charge < -0.3 is 15.1 Å². The summed E-state index contributed by atoms with van der Waals surface area (Å²) in [6.45, 7) is 3.36. The number of piperidine rings is 1. The summed E-state index contributed by atoms with van der Waals surface area (Å²) < 4.78 is 0. The van der Waals surface area contributed by atoms with Crippen LogP contribution in [-0.4, -0.2) is 60.2 Å². The number of amides is 3. The monoisotopic (exact) mass is 397 g/mol. The number of carbonyl (C=O) groups is 3. The van der Waals surface area contributed by atoms with Crippen LogP contribution in [0.25, 0.3) is 0 Å². The van der Waals surface area contributed by atoms with Gasteiger partial charge in [-0.05, 0) is 37.7 Å². The third-order valence-corrected chi connectivity index (χ3v) is 6.41. The smallest absolute Gasteiger partial charge is 0.225 e. The molecule has 6 heteroatoms. The molecule has 4 rings (SSSR count). The summed E-state index contributed by atoms with van der Waals surface area (Å²) in [5.41, 5.74) is 1.20. The molecule has 29 heavy (non-hydrogen) atoms. The Hall–Kier alpha value is -2.37. The Kier molecular flexibility index (Phi) is 6.16. The van der Waals surface area contributed by atoms with Crippen LogP contribution in [0, 0.1) is 11.8 Å². The van der Waals surface area contributed by atoms with Crippen LogP contribution in [0.3, 0.4) is 0 Å². The molecule has 2 unspecified atom stereocenters. The third kappa shape index (κ3) is 4.98. The van der Waals surface area contributed by atoms with E-state index in [1.165, 1.54) is 5.56 Å². The van der Waals surface area contributed by atoms with E-state index in [0.717, 1.165) is 38.6 Å². The fraction of sp³-hybridized carbons (Fsp3) is 0.609. The fourth-order valence-electron chi connectivity index (χ4n) is 4.59. The molecular weight excluding hydrogens is 366 g/mol. The van der Waals surface area contributed by atoms with Gasteiger partial charge in [-0.3, -0.25) is 14.4 Å². The first-order valence-corrected chi connectivity index (χ1v) is 11.0. The zero-order chi connectivity index (χ0) is 20.2. The molecule has 2 aliphatic heterocycles. The first-order valence-electron chi connectivity index (χ1n) is 11.0. The van der Waals surface area contributed by atoms with Crippen molar-refractivity contribution in [3.8, 4) is 0 Å². The highest BCUT2D eigenvalue weighted by Gasteiger charge is 2.39. The summed E-state index contributed by atoms with van der Waals surface area (Å²) in [5, 5.41) is 3.05. The Morgan fingerprint density at radius 2 is 1.86 bits per heavy atom. The van der Waals surface area contributed by atoms with E-state index in [1.54, 1.807) is 0 Å². The zero-order valence-electron chi connectivity index (χ0n) is 17.0. The van der Waals surface area contributed by atoms with Gasteiger partial charge in [0.15, 0.2) is 0 Å². The molecule has 0 spiro atoms. The van der Waals surface area contributed by atoms with Gasteiger partial charge in [-0.25, -0.2) is 0 Å². The van der Waals surface area contributed by atoms with Crippen LogP contribution in [0.5, 0.6) is 0 Å². The van der Waals surface area contributed by atoms with Gasteiger partial charge in [-0.1, -0.05) is 30.3 Å². The minimum absolute atomic E-state index is 0.0342. The van der Waals surface area contributed by atoms with Gasteiger partial charge in [0, 0.05) is 51.0 Å².